The molecule has 4 rings (SSSR count). The maximum Gasteiger partial charge on any atom is 0.123 e. The molecular weight excluding hydrogens is 275 g/mol. The first-order chi connectivity index (χ1) is 10.7. The van der Waals surface area contributed by atoms with Gasteiger partial charge >= 0.3 is 0 Å². The van der Waals surface area contributed by atoms with Crippen LogP contribution in [0, 0.1) is 5.82 Å². The van der Waals surface area contributed by atoms with E-state index in [1.54, 1.807) is 12.1 Å². The fourth-order valence-corrected chi connectivity index (χ4v) is 4.37. The number of hydrogen-bond donors (Lipinski definition) is 1. The Labute approximate surface area is 130 Å². The highest BCUT2D eigenvalue weighted by Gasteiger charge is 2.51. The molecule has 0 aromatic heterocycles. The molecule has 0 amide bonds. The maximum absolute atomic E-state index is 13.2. The van der Waals surface area contributed by atoms with Gasteiger partial charge in [-0.2, -0.15) is 0 Å². The number of hydrogen-bond acceptors (Lipinski definition) is 2. The first-order valence-corrected chi connectivity index (χ1v) is 8.05. The molecule has 3 heteroatoms. The normalized spacial score (nSPS) is 30.8. The number of halogens is 1. The van der Waals surface area contributed by atoms with E-state index in [1.807, 2.05) is 12.1 Å². The molecule has 2 fully saturated rings. The van der Waals surface area contributed by atoms with Crippen molar-refractivity contribution >= 4 is 0 Å². The van der Waals surface area contributed by atoms with Gasteiger partial charge in [0.1, 0.15) is 5.82 Å². The van der Waals surface area contributed by atoms with Crippen LogP contribution in [0.3, 0.4) is 0 Å². The van der Waals surface area contributed by atoms with Gasteiger partial charge in [0.15, 0.2) is 0 Å². The van der Waals surface area contributed by atoms with E-state index in [9.17, 15) is 4.39 Å². The largest absolute Gasteiger partial charge is 0.326 e. The summed E-state index contributed by atoms with van der Waals surface area (Å²) >= 11 is 0. The lowest BCUT2D eigenvalue weighted by atomic mass is 9.80. The first kappa shape index (κ1) is 13.9. The van der Waals surface area contributed by atoms with Gasteiger partial charge in [0.05, 0.1) is 0 Å². The predicted molar refractivity (Wildman–Crippen MR) is 85.9 cm³/mol. The highest BCUT2D eigenvalue weighted by molar-refractivity contribution is 5.30. The van der Waals surface area contributed by atoms with Crippen LogP contribution in [0.4, 0.5) is 4.39 Å². The molecule has 2 heterocycles. The van der Waals surface area contributed by atoms with Gasteiger partial charge in [-0.05, 0) is 36.1 Å². The summed E-state index contributed by atoms with van der Waals surface area (Å²) in [6.07, 6.45) is 2.36. The number of nitrogens with two attached hydrogens (primary N) is 1. The minimum Gasteiger partial charge on any atom is -0.326 e. The van der Waals surface area contributed by atoms with Crippen molar-refractivity contribution in [2.24, 2.45) is 5.73 Å². The molecule has 0 spiro atoms. The minimum absolute atomic E-state index is 0.146. The Morgan fingerprint density at radius 3 is 2.36 bits per heavy atom. The Kier molecular flexibility index (Phi) is 3.47. The van der Waals surface area contributed by atoms with E-state index in [-0.39, 0.29) is 11.9 Å². The summed E-state index contributed by atoms with van der Waals surface area (Å²) in [7, 11) is 0. The average Bonchev–Trinajstić information content (AvgIpc) is 3.04. The third kappa shape index (κ3) is 2.25. The monoisotopic (exact) mass is 296 g/mol. The first-order valence-electron chi connectivity index (χ1n) is 8.05. The van der Waals surface area contributed by atoms with E-state index in [4.69, 9.17) is 5.73 Å². The van der Waals surface area contributed by atoms with E-state index >= 15 is 0 Å². The van der Waals surface area contributed by atoms with Gasteiger partial charge in [0.25, 0.3) is 0 Å². The molecule has 4 atom stereocenters. The molecule has 2 nitrogen and oxygen atoms in total. The van der Waals surface area contributed by atoms with Gasteiger partial charge < -0.3 is 5.73 Å². The van der Waals surface area contributed by atoms with Crippen molar-refractivity contribution in [1.82, 2.24) is 4.90 Å². The Bertz CT molecular complexity index is 640. The summed E-state index contributed by atoms with van der Waals surface area (Å²) in [6, 6.07) is 18.6. The Balaban J connectivity index is 1.60. The molecule has 0 radical (unpaired) electrons. The zero-order valence-electron chi connectivity index (χ0n) is 12.5. The standard InChI is InChI=1S/C19H21FN2/c20-15-8-6-14(7-9-15)18-16-10-11-17(19(18)21)22(16)12-13-4-2-1-3-5-13/h1-9,16-19H,10-12,21H2. The number of fused-ring (bicyclic) bond motifs is 2. The summed E-state index contributed by atoms with van der Waals surface area (Å²) in [5.41, 5.74) is 9.06. The molecule has 4 unspecified atom stereocenters. The average molecular weight is 296 g/mol. The van der Waals surface area contributed by atoms with Crippen molar-refractivity contribution in [3.05, 3.63) is 71.5 Å². The lowest BCUT2D eigenvalue weighted by molar-refractivity contribution is 0.236. The molecule has 2 saturated heterocycles. The molecule has 2 bridgehead atoms. The molecular formula is C19H21FN2. The molecule has 2 aromatic carbocycles. The van der Waals surface area contributed by atoms with Crippen LogP contribution in [0.15, 0.2) is 54.6 Å². The van der Waals surface area contributed by atoms with E-state index in [1.165, 1.54) is 24.0 Å². The Morgan fingerprint density at radius 1 is 0.955 bits per heavy atom. The second-order valence-electron chi connectivity index (χ2n) is 6.52. The van der Waals surface area contributed by atoms with E-state index in [0.717, 1.165) is 6.54 Å². The van der Waals surface area contributed by atoms with Crippen LogP contribution in [0.1, 0.15) is 29.9 Å². The van der Waals surface area contributed by atoms with Crippen LogP contribution in [0.5, 0.6) is 0 Å². The van der Waals surface area contributed by atoms with Crippen LogP contribution in [0.25, 0.3) is 0 Å². The molecule has 2 aliphatic rings. The summed E-state index contributed by atoms with van der Waals surface area (Å²) in [5, 5.41) is 0. The lowest BCUT2D eigenvalue weighted by Crippen LogP contribution is -2.39. The highest BCUT2D eigenvalue weighted by Crippen LogP contribution is 2.46. The van der Waals surface area contributed by atoms with Crippen molar-refractivity contribution in [3.8, 4) is 0 Å². The third-order valence-corrected chi connectivity index (χ3v) is 5.35. The van der Waals surface area contributed by atoms with Crippen molar-refractivity contribution < 1.29 is 4.39 Å². The molecule has 22 heavy (non-hydrogen) atoms. The number of benzene rings is 2. The number of nitrogens with zero attached hydrogens (tertiary/aromatic N) is 1. The molecule has 2 N–H and O–H groups in total. The summed E-state index contributed by atoms with van der Waals surface area (Å²) in [4.78, 5) is 2.56. The minimum atomic E-state index is -0.179. The van der Waals surface area contributed by atoms with E-state index in [0.29, 0.717) is 18.0 Å². The van der Waals surface area contributed by atoms with Gasteiger partial charge in [-0.1, -0.05) is 42.5 Å². The van der Waals surface area contributed by atoms with Crippen molar-refractivity contribution in [2.75, 3.05) is 0 Å². The quantitative estimate of drug-likeness (QED) is 0.942. The molecule has 0 aliphatic carbocycles. The van der Waals surface area contributed by atoms with Gasteiger partial charge in [0.2, 0.25) is 0 Å². The van der Waals surface area contributed by atoms with Gasteiger partial charge in [-0.3, -0.25) is 4.90 Å². The molecule has 2 aromatic rings. The van der Waals surface area contributed by atoms with Crippen LogP contribution in [-0.2, 0) is 6.54 Å². The summed E-state index contributed by atoms with van der Waals surface area (Å²) in [5.74, 6) is 0.143. The van der Waals surface area contributed by atoms with E-state index < -0.39 is 0 Å². The predicted octanol–water partition coefficient (Wildman–Crippen LogP) is 3.28. The zero-order valence-corrected chi connectivity index (χ0v) is 12.5. The second kappa shape index (κ2) is 5.49. The smallest absolute Gasteiger partial charge is 0.123 e. The summed E-state index contributed by atoms with van der Waals surface area (Å²) in [6.45, 7) is 0.960. The Morgan fingerprint density at radius 2 is 1.64 bits per heavy atom. The van der Waals surface area contributed by atoms with Crippen molar-refractivity contribution in [3.63, 3.8) is 0 Å². The highest BCUT2D eigenvalue weighted by atomic mass is 19.1. The van der Waals surface area contributed by atoms with Gasteiger partial charge in [0, 0.05) is 30.6 Å². The third-order valence-electron chi connectivity index (χ3n) is 5.35. The lowest BCUT2D eigenvalue weighted by Gasteiger charge is -2.26. The molecule has 114 valence electrons. The van der Waals surface area contributed by atoms with Gasteiger partial charge in [-0.15, -0.1) is 0 Å². The van der Waals surface area contributed by atoms with Crippen molar-refractivity contribution in [2.45, 2.75) is 43.4 Å². The molecule has 0 saturated carbocycles. The van der Waals surface area contributed by atoms with Crippen LogP contribution in [0.2, 0.25) is 0 Å². The summed E-state index contributed by atoms with van der Waals surface area (Å²) < 4.78 is 13.2. The van der Waals surface area contributed by atoms with Crippen LogP contribution < -0.4 is 5.73 Å². The van der Waals surface area contributed by atoms with Crippen LogP contribution in [-0.4, -0.2) is 23.0 Å². The zero-order chi connectivity index (χ0) is 15.1. The topological polar surface area (TPSA) is 29.3 Å². The number of rotatable bonds is 3. The maximum atomic E-state index is 13.2. The van der Waals surface area contributed by atoms with Gasteiger partial charge in [-0.25, -0.2) is 4.39 Å². The van der Waals surface area contributed by atoms with Crippen molar-refractivity contribution in [1.29, 1.82) is 0 Å². The van der Waals surface area contributed by atoms with E-state index in [2.05, 4.69) is 35.2 Å². The van der Waals surface area contributed by atoms with Crippen LogP contribution >= 0.6 is 0 Å². The second-order valence-corrected chi connectivity index (χ2v) is 6.52. The fraction of sp³-hybridized carbons (Fsp3) is 0.368. The molecule has 2 aliphatic heterocycles. The fourth-order valence-electron chi connectivity index (χ4n) is 4.37. The SMILES string of the molecule is NC1C(c2ccc(F)cc2)C2CCC1N2Cc1ccccc1. The Hall–Kier alpha value is -1.71.